The molecule has 0 amide bonds. The van der Waals surface area contributed by atoms with Gasteiger partial charge in [0.25, 0.3) is 0 Å². The van der Waals surface area contributed by atoms with Crippen LogP contribution in [0, 0.1) is 11.8 Å². The number of cyclic esters (lactones) is 1. The highest BCUT2D eigenvalue weighted by Gasteiger charge is 2.53. The minimum Gasteiger partial charge on any atom is -0.477 e. The van der Waals surface area contributed by atoms with E-state index >= 15 is 0 Å². The molecular weight excluding hydrogens is 1030 g/mol. The zero-order valence-electron chi connectivity index (χ0n) is 49.4. The van der Waals surface area contributed by atoms with E-state index in [1.165, 1.54) is 20.2 Å². The van der Waals surface area contributed by atoms with Crippen LogP contribution >= 0.6 is 0 Å². The van der Waals surface area contributed by atoms with Crippen molar-refractivity contribution in [3.63, 3.8) is 0 Å². The van der Waals surface area contributed by atoms with Gasteiger partial charge in [-0.15, -0.1) is 0 Å². The van der Waals surface area contributed by atoms with Gasteiger partial charge in [-0.2, -0.15) is 0 Å². The van der Waals surface area contributed by atoms with Crippen LogP contribution in [0.25, 0.3) is 10.9 Å². The number of aliphatic hydroxyl groups excluding tert-OH is 2. The maximum atomic E-state index is 14.5. The molecule has 0 aliphatic carbocycles. The van der Waals surface area contributed by atoms with Crippen molar-refractivity contribution < 1.29 is 82.5 Å². The van der Waals surface area contributed by atoms with Gasteiger partial charge in [0.15, 0.2) is 18.7 Å². The Morgan fingerprint density at radius 1 is 0.924 bits per heavy atom. The Bertz CT molecular complexity index is 2350. The van der Waals surface area contributed by atoms with Crippen molar-refractivity contribution in [3.8, 4) is 0 Å². The average molecular weight is 1120 g/mol. The standard InChI is InChI=1S/C58H95N3O18/c1-15-24-61-33-41(53(66)67)47(63)40-31-39(20-21-42(40)61)19-17-26-72-28-29-73-27-22-45(62)77-52-38(7)75-46(32-57(52,9)71-14)78-49-35(4)51(79-55-48(64)43(59(11)12)30-34(3)74-55)56(8,69)23-18-25-60(13)37(6)50(65)58(10,70)44(16-2)76-54(68)36(49)5/h20-21,31,33-38,43-44,46,48-52,55,64-65,69-70H,15-19,22-30,32H2,1-14H3,(H,66,67)/t34-,35+,36-,37-,38+,43+,44-,46+,48-,49+,50-,51-,52+,55+,56-,57-,58-/m1/s1. The first kappa shape index (κ1) is 66.1. The molecule has 3 fully saturated rings. The number of likely N-dealkylation sites (N-methyl/N-ethyl adjacent to an activating group) is 2. The zero-order valence-corrected chi connectivity index (χ0v) is 49.4. The number of pyridine rings is 1. The fraction of sp³-hybridized carbons (Fsp3) is 0.793. The van der Waals surface area contributed by atoms with Gasteiger partial charge in [0.2, 0.25) is 5.43 Å². The second-order valence-electron chi connectivity index (χ2n) is 23.3. The number of hydrogen-bond donors (Lipinski definition) is 5. The van der Waals surface area contributed by atoms with Gasteiger partial charge >= 0.3 is 17.9 Å². The largest absolute Gasteiger partial charge is 0.477 e. The van der Waals surface area contributed by atoms with Gasteiger partial charge in [-0.3, -0.25) is 14.4 Å². The van der Waals surface area contributed by atoms with E-state index in [9.17, 15) is 44.7 Å². The molecule has 0 radical (unpaired) electrons. The quantitative estimate of drug-likeness (QED) is 0.0839. The van der Waals surface area contributed by atoms with Crippen LogP contribution in [0.1, 0.15) is 137 Å². The molecule has 21 heteroatoms. The molecule has 1 aromatic heterocycles. The summed E-state index contributed by atoms with van der Waals surface area (Å²) in [4.78, 5) is 56.4. The lowest BCUT2D eigenvalue weighted by Gasteiger charge is -2.49. The minimum atomic E-state index is -1.85. The van der Waals surface area contributed by atoms with Gasteiger partial charge < -0.3 is 82.5 Å². The van der Waals surface area contributed by atoms with E-state index in [1.54, 1.807) is 59.1 Å². The summed E-state index contributed by atoms with van der Waals surface area (Å²) in [5, 5.41) is 57.7. The number of carboxylic acid groups (broad SMARTS) is 1. The van der Waals surface area contributed by atoms with Crippen LogP contribution in [0.15, 0.2) is 29.2 Å². The Kier molecular flexibility index (Phi) is 24.3. The van der Waals surface area contributed by atoms with Crippen molar-refractivity contribution in [1.82, 2.24) is 14.4 Å². The van der Waals surface area contributed by atoms with E-state index in [4.69, 9.17) is 42.6 Å². The molecule has 3 saturated heterocycles. The number of aryl methyl sites for hydroxylation is 2. The lowest BCUT2D eigenvalue weighted by atomic mass is 9.79. The number of methoxy groups -OCH3 is 1. The average Bonchev–Trinajstić information content (AvgIpc) is 3.39. The van der Waals surface area contributed by atoms with E-state index < -0.39 is 113 Å². The molecule has 2 aromatic rings. The molecule has 1 aromatic carbocycles. The predicted octanol–water partition coefficient (Wildman–Crippen LogP) is 4.68. The van der Waals surface area contributed by atoms with Gasteiger partial charge in [0, 0.05) is 56.3 Å². The predicted molar refractivity (Wildman–Crippen MR) is 294 cm³/mol. The number of rotatable bonds is 21. The van der Waals surface area contributed by atoms with Gasteiger partial charge in [-0.25, -0.2) is 4.79 Å². The van der Waals surface area contributed by atoms with Crippen LogP contribution in [0.5, 0.6) is 0 Å². The third-order valence-electron chi connectivity index (χ3n) is 16.7. The van der Waals surface area contributed by atoms with Crippen molar-refractivity contribution in [3.05, 3.63) is 45.7 Å². The number of hydrogen-bond acceptors (Lipinski definition) is 19. The minimum absolute atomic E-state index is 0.0346. The molecule has 0 bridgehead atoms. The number of aromatic nitrogens is 1. The summed E-state index contributed by atoms with van der Waals surface area (Å²) < 4.78 is 57.9. The van der Waals surface area contributed by atoms with Gasteiger partial charge in [0.1, 0.15) is 35.1 Å². The van der Waals surface area contributed by atoms with Crippen LogP contribution in [0.2, 0.25) is 0 Å². The maximum absolute atomic E-state index is 14.5. The smallest absolute Gasteiger partial charge is 0.341 e. The highest BCUT2D eigenvalue weighted by Crippen LogP contribution is 2.40. The summed E-state index contributed by atoms with van der Waals surface area (Å²) >= 11 is 0. The molecule has 17 atom stereocenters. The molecule has 4 heterocycles. The number of benzene rings is 1. The Balaban J connectivity index is 1.24. The number of carbonyl (C=O) groups is 3. The molecule has 3 aliphatic rings. The summed E-state index contributed by atoms with van der Waals surface area (Å²) in [7, 11) is 7.05. The lowest BCUT2D eigenvalue weighted by molar-refractivity contribution is -0.318. The number of carbonyl (C=O) groups excluding carboxylic acids is 2. The normalized spacial score (nSPS) is 35.7. The lowest BCUT2D eigenvalue weighted by Crippen LogP contribution is -2.61. The Morgan fingerprint density at radius 3 is 2.24 bits per heavy atom. The molecule has 450 valence electrons. The Hall–Kier alpha value is -3.68. The van der Waals surface area contributed by atoms with Gasteiger partial charge in [-0.05, 0) is 139 Å². The number of nitrogens with zero attached hydrogens (tertiary/aromatic N) is 3. The second-order valence-corrected chi connectivity index (χ2v) is 23.3. The highest BCUT2D eigenvalue weighted by molar-refractivity contribution is 5.92. The maximum Gasteiger partial charge on any atom is 0.341 e. The third kappa shape index (κ3) is 16.5. The van der Waals surface area contributed by atoms with Crippen LogP contribution in [-0.2, 0) is 65.2 Å². The topological polar surface area (TPSA) is 264 Å². The molecule has 3 aliphatic heterocycles. The van der Waals surface area contributed by atoms with E-state index in [1.807, 2.05) is 56.9 Å². The first-order chi connectivity index (χ1) is 37.1. The molecular formula is C58H95N3O18. The Morgan fingerprint density at radius 2 is 1.61 bits per heavy atom. The van der Waals surface area contributed by atoms with Crippen LogP contribution in [0.4, 0.5) is 0 Å². The summed E-state index contributed by atoms with van der Waals surface area (Å²) in [5.41, 5.74) is -3.79. The highest BCUT2D eigenvalue weighted by atomic mass is 16.7. The fourth-order valence-electron chi connectivity index (χ4n) is 11.7. The number of ether oxygens (including phenoxy) is 9. The second kappa shape index (κ2) is 29.0. The molecule has 0 saturated carbocycles. The van der Waals surface area contributed by atoms with Gasteiger partial charge in [0.05, 0.1) is 67.7 Å². The molecule has 79 heavy (non-hydrogen) atoms. The fourth-order valence-corrected chi connectivity index (χ4v) is 11.7. The van der Waals surface area contributed by atoms with Gasteiger partial charge in [-0.1, -0.05) is 26.8 Å². The molecule has 0 spiro atoms. The van der Waals surface area contributed by atoms with Crippen molar-refractivity contribution in [2.24, 2.45) is 11.8 Å². The first-order valence-corrected chi connectivity index (χ1v) is 28.4. The number of aromatic carboxylic acids is 1. The summed E-state index contributed by atoms with van der Waals surface area (Å²) in [5.74, 6) is -4.46. The van der Waals surface area contributed by atoms with E-state index in [0.717, 1.165) is 12.0 Å². The SMILES string of the molecule is CCCn1cc(C(=O)O)c(=O)c2cc(CCCOCCOCCC(=O)O[C@H]3[C@H](C)O[C@@H](O[C@H]4[C@H](C)[C@@H](O[C@@H]5O[C@H](C)C[C@H](N(C)C)[C@H]5O)[C@](C)(O)CCCN(C)[C@H](C)[C@@H](O)[C@](C)(O)[C@@H](CC)OC(=O)[C@@H]4C)C[C@@]3(C)OC)ccc21. The monoisotopic (exact) mass is 1120 g/mol. The third-order valence-corrected chi connectivity index (χ3v) is 16.7. The summed E-state index contributed by atoms with van der Waals surface area (Å²) in [6.45, 7) is 19.4. The van der Waals surface area contributed by atoms with E-state index in [-0.39, 0.29) is 63.2 Å². The number of fused-ring (bicyclic) bond motifs is 1. The van der Waals surface area contributed by atoms with Crippen LogP contribution in [0.3, 0.4) is 0 Å². The number of esters is 2. The summed E-state index contributed by atoms with van der Waals surface area (Å²) in [6.07, 6.45) is -5.21. The van der Waals surface area contributed by atoms with Crippen molar-refractivity contribution in [2.45, 2.75) is 224 Å². The molecule has 21 nitrogen and oxygen atoms in total. The zero-order chi connectivity index (χ0) is 58.7. The number of aliphatic hydroxyl groups is 4. The van der Waals surface area contributed by atoms with Crippen molar-refractivity contribution in [2.75, 3.05) is 61.2 Å². The van der Waals surface area contributed by atoms with E-state index in [0.29, 0.717) is 56.3 Å². The van der Waals surface area contributed by atoms with Crippen molar-refractivity contribution in [1.29, 1.82) is 0 Å². The van der Waals surface area contributed by atoms with E-state index in [2.05, 4.69) is 0 Å². The Labute approximate surface area is 467 Å². The van der Waals surface area contributed by atoms with Crippen LogP contribution in [-0.4, -0.2) is 209 Å². The molecule has 5 rings (SSSR count). The van der Waals surface area contributed by atoms with Crippen LogP contribution < -0.4 is 5.43 Å². The molecule has 5 N–H and O–H groups in total. The molecule has 0 unspecified atom stereocenters. The summed E-state index contributed by atoms with van der Waals surface area (Å²) in [6, 6.07) is 4.66. The number of carboxylic acids is 1. The van der Waals surface area contributed by atoms with Crippen molar-refractivity contribution >= 4 is 28.8 Å². The first-order valence-electron chi connectivity index (χ1n) is 28.4.